The Morgan fingerprint density at radius 1 is 1.28 bits per heavy atom. The fourth-order valence-corrected chi connectivity index (χ4v) is 3.40. The molecule has 1 aromatic carbocycles. The quantitative estimate of drug-likeness (QED) is 0.826. The standard InChI is InChI=1S/C16H22N2/c1-2-14-7-5-6-10-18(14)12-13-11-17-16-9-4-3-8-15(13)16/h3-4,8-9,11,14,17H,2,5-7,10,12H2,1H3/p+1/t14-/m0/s1. The number of rotatable bonds is 3. The number of para-hydroxylation sites is 1. The zero-order valence-electron chi connectivity index (χ0n) is 11.2. The number of piperidine rings is 1. The van der Waals surface area contributed by atoms with Gasteiger partial charge in [0.1, 0.15) is 6.54 Å². The highest BCUT2D eigenvalue weighted by Gasteiger charge is 2.25. The van der Waals surface area contributed by atoms with E-state index in [1.165, 1.54) is 55.2 Å². The molecule has 1 fully saturated rings. The molecule has 2 aromatic rings. The molecule has 1 aliphatic heterocycles. The van der Waals surface area contributed by atoms with Gasteiger partial charge in [-0.2, -0.15) is 0 Å². The third-order valence-electron chi connectivity index (χ3n) is 4.46. The molecule has 2 heterocycles. The molecule has 1 aliphatic rings. The lowest BCUT2D eigenvalue weighted by Gasteiger charge is -2.31. The van der Waals surface area contributed by atoms with Gasteiger partial charge in [-0.1, -0.05) is 25.1 Å². The monoisotopic (exact) mass is 243 g/mol. The van der Waals surface area contributed by atoms with Gasteiger partial charge in [0.2, 0.25) is 0 Å². The molecule has 0 saturated carbocycles. The Labute approximate surface area is 109 Å². The van der Waals surface area contributed by atoms with E-state index in [-0.39, 0.29) is 0 Å². The van der Waals surface area contributed by atoms with E-state index in [9.17, 15) is 0 Å². The van der Waals surface area contributed by atoms with Gasteiger partial charge in [0, 0.05) is 22.7 Å². The van der Waals surface area contributed by atoms with Gasteiger partial charge in [-0.05, 0) is 31.7 Å². The largest absolute Gasteiger partial charge is 0.361 e. The van der Waals surface area contributed by atoms with Crippen molar-refractivity contribution in [3.63, 3.8) is 0 Å². The van der Waals surface area contributed by atoms with Crippen LogP contribution in [0.1, 0.15) is 38.2 Å². The maximum absolute atomic E-state index is 3.40. The predicted octanol–water partition coefficient (Wildman–Crippen LogP) is 2.52. The Kier molecular flexibility index (Phi) is 3.37. The van der Waals surface area contributed by atoms with Gasteiger partial charge in [0.25, 0.3) is 0 Å². The van der Waals surface area contributed by atoms with Crippen LogP contribution in [0.15, 0.2) is 30.5 Å². The molecule has 3 rings (SSSR count). The maximum Gasteiger partial charge on any atom is 0.105 e. The van der Waals surface area contributed by atoms with E-state index in [1.807, 2.05) is 0 Å². The van der Waals surface area contributed by atoms with Crippen molar-refractivity contribution >= 4 is 10.9 Å². The predicted molar refractivity (Wildman–Crippen MR) is 75.8 cm³/mol. The van der Waals surface area contributed by atoms with Crippen LogP contribution in [-0.4, -0.2) is 17.6 Å². The molecule has 1 aromatic heterocycles. The van der Waals surface area contributed by atoms with Crippen LogP contribution in [0.5, 0.6) is 0 Å². The zero-order valence-corrected chi connectivity index (χ0v) is 11.2. The lowest BCUT2D eigenvalue weighted by molar-refractivity contribution is -0.943. The molecule has 0 aliphatic carbocycles. The van der Waals surface area contributed by atoms with Crippen LogP contribution in [0.4, 0.5) is 0 Å². The van der Waals surface area contributed by atoms with Crippen LogP contribution < -0.4 is 4.90 Å². The molecule has 2 N–H and O–H groups in total. The first-order valence-electron chi connectivity index (χ1n) is 7.28. The molecular weight excluding hydrogens is 220 g/mol. The first kappa shape index (κ1) is 11.8. The summed E-state index contributed by atoms with van der Waals surface area (Å²) >= 11 is 0. The number of nitrogens with one attached hydrogen (secondary N) is 2. The van der Waals surface area contributed by atoms with E-state index >= 15 is 0 Å². The summed E-state index contributed by atoms with van der Waals surface area (Å²) in [6.07, 6.45) is 7.76. The van der Waals surface area contributed by atoms with Crippen molar-refractivity contribution in [1.82, 2.24) is 4.98 Å². The highest BCUT2D eigenvalue weighted by molar-refractivity contribution is 5.82. The molecule has 2 nitrogen and oxygen atoms in total. The minimum atomic E-state index is 0.868. The summed E-state index contributed by atoms with van der Waals surface area (Å²) in [7, 11) is 0. The fourth-order valence-electron chi connectivity index (χ4n) is 3.40. The average Bonchev–Trinajstić information content (AvgIpc) is 2.83. The summed E-state index contributed by atoms with van der Waals surface area (Å²) in [5.74, 6) is 0. The van der Waals surface area contributed by atoms with Crippen LogP contribution in [0.2, 0.25) is 0 Å². The Morgan fingerprint density at radius 3 is 3.06 bits per heavy atom. The molecule has 0 bridgehead atoms. The summed E-state index contributed by atoms with van der Waals surface area (Å²) in [5.41, 5.74) is 2.76. The number of likely N-dealkylation sites (tertiary alicyclic amines) is 1. The zero-order chi connectivity index (χ0) is 12.4. The topological polar surface area (TPSA) is 20.2 Å². The first-order valence-corrected chi connectivity index (χ1v) is 7.28. The van der Waals surface area contributed by atoms with E-state index in [0.717, 1.165) is 6.04 Å². The number of benzene rings is 1. The van der Waals surface area contributed by atoms with Gasteiger partial charge in [-0.25, -0.2) is 0 Å². The summed E-state index contributed by atoms with van der Waals surface area (Å²) in [6, 6.07) is 9.52. The number of hydrogen-bond donors (Lipinski definition) is 2. The van der Waals surface area contributed by atoms with Crippen molar-refractivity contribution in [2.24, 2.45) is 0 Å². The van der Waals surface area contributed by atoms with Crippen molar-refractivity contribution in [2.75, 3.05) is 6.54 Å². The number of aromatic amines is 1. The fraction of sp³-hybridized carbons (Fsp3) is 0.500. The van der Waals surface area contributed by atoms with Crippen molar-refractivity contribution in [3.05, 3.63) is 36.0 Å². The Balaban J connectivity index is 1.82. The van der Waals surface area contributed by atoms with Gasteiger partial charge in [0.15, 0.2) is 0 Å². The smallest absolute Gasteiger partial charge is 0.105 e. The lowest BCUT2D eigenvalue weighted by atomic mass is 9.99. The summed E-state index contributed by atoms with van der Waals surface area (Å²) in [5, 5.41) is 1.41. The highest BCUT2D eigenvalue weighted by atomic mass is 15.2. The van der Waals surface area contributed by atoms with Crippen molar-refractivity contribution in [1.29, 1.82) is 0 Å². The second-order valence-corrected chi connectivity index (χ2v) is 5.55. The van der Waals surface area contributed by atoms with Crippen LogP contribution in [-0.2, 0) is 6.54 Å². The van der Waals surface area contributed by atoms with E-state index in [1.54, 1.807) is 4.90 Å². The van der Waals surface area contributed by atoms with Gasteiger partial charge in [-0.3, -0.25) is 0 Å². The number of fused-ring (bicyclic) bond motifs is 1. The molecule has 0 amide bonds. The Hall–Kier alpha value is -1.28. The van der Waals surface area contributed by atoms with Crippen molar-refractivity contribution in [2.45, 2.75) is 45.2 Å². The third-order valence-corrected chi connectivity index (χ3v) is 4.46. The molecule has 2 atom stereocenters. The molecule has 96 valence electrons. The van der Waals surface area contributed by atoms with Crippen LogP contribution in [0.25, 0.3) is 10.9 Å². The minimum absolute atomic E-state index is 0.868. The van der Waals surface area contributed by atoms with Gasteiger partial charge < -0.3 is 9.88 Å². The summed E-state index contributed by atoms with van der Waals surface area (Å²) in [6.45, 7) is 4.87. The number of hydrogen-bond acceptors (Lipinski definition) is 0. The van der Waals surface area contributed by atoms with Crippen molar-refractivity contribution in [3.8, 4) is 0 Å². The van der Waals surface area contributed by atoms with Gasteiger partial charge in [-0.15, -0.1) is 0 Å². The third kappa shape index (κ3) is 2.17. The minimum Gasteiger partial charge on any atom is -0.361 e. The van der Waals surface area contributed by atoms with E-state index in [4.69, 9.17) is 0 Å². The van der Waals surface area contributed by atoms with Gasteiger partial charge in [0.05, 0.1) is 12.6 Å². The molecule has 2 heteroatoms. The SMILES string of the molecule is CC[C@H]1CCCC[NH+]1Cc1c[nH]c2ccccc12. The van der Waals surface area contributed by atoms with Crippen molar-refractivity contribution < 1.29 is 4.90 Å². The highest BCUT2D eigenvalue weighted by Crippen LogP contribution is 2.17. The summed E-state index contributed by atoms with van der Waals surface area (Å²) in [4.78, 5) is 5.18. The first-order chi connectivity index (χ1) is 8.88. The molecule has 1 saturated heterocycles. The number of aromatic nitrogens is 1. The molecule has 18 heavy (non-hydrogen) atoms. The van der Waals surface area contributed by atoms with E-state index in [2.05, 4.69) is 42.4 Å². The number of quaternary nitrogens is 1. The van der Waals surface area contributed by atoms with Crippen LogP contribution >= 0.6 is 0 Å². The van der Waals surface area contributed by atoms with E-state index < -0.39 is 0 Å². The second-order valence-electron chi connectivity index (χ2n) is 5.55. The average molecular weight is 243 g/mol. The lowest BCUT2D eigenvalue weighted by Crippen LogP contribution is -3.15. The van der Waals surface area contributed by atoms with Crippen LogP contribution in [0, 0.1) is 0 Å². The van der Waals surface area contributed by atoms with Crippen LogP contribution in [0.3, 0.4) is 0 Å². The maximum atomic E-state index is 3.40. The molecular formula is C16H23N2+. The summed E-state index contributed by atoms with van der Waals surface area (Å²) < 4.78 is 0. The Bertz CT molecular complexity index is 515. The number of H-pyrrole nitrogens is 1. The van der Waals surface area contributed by atoms with Gasteiger partial charge >= 0.3 is 0 Å². The normalized spacial score (nSPS) is 24.5. The second kappa shape index (κ2) is 5.15. The van der Waals surface area contributed by atoms with E-state index in [0.29, 0.717) is 0 Å². The molecule has 0 radical (unpaired) electrons. The molecule has 1 unspecified atom stereocenters. The Morgan fingerprint density at radius 2 is 2.17 bits per heavy atom. The molecule has 0 spiro atoms.